The Morgan fingerprint density at radius 2 is 1.97 bits per heavy atom. The van der Waals surface area contributed by atoms with Crippen LogP contribution in [0.1, 0.15) is 37.8 Å². The predicted molar refractivity (Wildman–Crippen MR) is 116 cm³/mol. The van der Waals surface area contributed by atoms with Gasteiger partial charge in [0, 0.05) is 30.1 Å². The van der Waals surface area contributed by atoms with Crippen LogP contribution in [-0.2, 0) is 11.3 Å². The van der Waals surface area contributed by atoms with Crippen LogP contribution in [0.4, 0.5) is 10.5 Å². The number of hydrogen-bond acceptors (Lipinski definition) is 5. The number of carbonyl (C=O) groups is 1. The van der Waals surface area contributed by atoms with E-state index < -0.39 is 11.7 Å². The van der Waals surface area contributed by atoms with Crippen LogP contribution in [0.15, 0.2) is 54.7 Å². The maximum Gasteiger partial charge on any atom is 0.414 e. The van der Waals surface area contributed by atoms with Crippen molar-refractivity contribution >= 4 is 22.7 Å². The van der Waals surface area contributed by atoms with Gasteiger partial charge in [-0.2, -0.15) is 0 Å². The molecular formula is C24H26N2O4. The molecule has 1 aromatic heterocycles. The molecule has 2 aromatic carbocycles. The largest absolute Gasteiger partial charge is 0.487 e. The average Bonchev–Trinajstić information content (AvgIpc) is 3.10. The van der Waals surface area contributed by atoms with Crippen molar-refractivity contribution in [1.82, 2.24) is 4.98 Å². The third-order valence-electron chi connectivity index (χ3n) is 5.05. The first-order valence-electron chi connectivity index (χ1n) is 10.1. The minimum absolute atomic E-state index is 0.0689. The van der Waals surface area contributed by atoms with Crippen LogP contribution in [-0.4, -0.2) is 34.9 Å². The Hall–Kier alpha value is -3.12. The number of anilines is 1. The molecule has 1 aliphatic heterocycles. The summed E-state index contributed by atoms with van der Waals surface area (Å²) in [5.74, 6) is 0.391. The van der Waals surface area contributed by atoms with Gasteiger partial charge in [0.05, 0.1) is 12.3 Å². The lowest BCUT2D eigenvalue weighted by atomic mass is 9.97. The van der Waals surface area contributed by atoms with E-state index in [0.29, 0.717) is 24.6 Å². The average molecular weight is 406 g/mol. The Balaban J connectivity index is 1.77. The molecular weight excluding hydrogens is 380 g/mol. The van der Waals surface area contributed by atoms with Crippen molar-refractivity contribution in [3.63, 3.8) is 0 Å². The molecule has 0 radical (unpaired) electrons. The summed E-state index contributed by atoms with van der Waals surface area (Å²) in [5, 5.41) is 10.9. The lowest BCUT2D eigenvalue weighted by Crippen LogP contribution is -2.36. The monoisotopic (exact) mass is 406 g/mol. The minimum Gasteiger partial charge on any atom is -0.487 e. The van der Waals surface area contributed by atoms with E-state index in [1.165, 1.54) is 0 Å². The molecule has 0 aliphatic carbocycles. The number of benzene rings is 2. The number of hydrogen-bond donors (Lipinski definition) is 1. The quantitative estimate of drug-likeness (QED) is 0.683. The van der Waals surface area contributed by atoms with Gasteiger partial charge in [0.15, 0.2) is 0 Å². The van der Waals surface area contributed by atoms with Crippen molar-refractivity contribution in [2.45, 2.75) is 38.9 Å². The fourth-order valence-electron chi connectivity index (χ4n) is 3.77. The summed E-state index contributed by atoms with van der Waals surface area (Å²) in [6.07, 6.45) is 1.29. The molecule has 156 valence electrons. The Labute approximate surface area is 176 Å². The SMILES string of the molecule is CC(C)(C)OC(=O)N1CC(CO)c2c1cc(OCc1ccccc1)c1ncccc21. The fourth-order valence-corrected chi connectivity index (χ4v) is 3.77. The standard InChI is InChI=1S/C24H26N2O4/c1-24(2,3)30-23(28)26-13-17(14-27)21-18-10-7-11-25-22(18)20(12-19(21)26)29-15-16-8-5-4-6-9-16/h4-12,17,27H,13-15H2,1-3H3. The third-order valence-corrected chi connectivity index (χ3v) is 5.05. The molecule has 0 fully saturated rings. The Morgan fingerprint density at radius 3 is 2.67 bits per heavy atom. The lowest BCUT2D eigenvalue weighted by molar-refractivity contribution is 0.0581. The van der Waals surface area contributed by atoms with Gasteiger partial charge >= 0.3 is 6.09 Å². The van der Waals surface area contributed by atoms with E-state index in [-0.39, 0.29) is 12.5 Å². The van der Waals surface area contributed by atoms with E-state index in [2.05, 4.69) is 4.98 Å². The van der Waals surface area contributed by atoms with Crippen LogP contribution in [0, 0.1) is 0 Å². The van der Waals surface area contributed by atoms with Gasteiger partial charge in [-0.15, -0.1) is 0 Å². The smallest absolute Gasteiger partial charge is 0.414 e. The van der Waals surface area contributed by atoms with Crippen molar-refractivity contribution in [3.8, 4) is 5.75 Å². The van der Waals surface area contributed by atoms with Crippen molar-refractivity contribution in [1.29, 1.82) is 0 Å². The van der Waals surface area contributed by atoms with Crippen LogP contribution in [0.2, 0.25) is 0 Å². The number of rotatable bonds is 4. The number of aliphatic hydroxyl groups excluding tert-OH is 1. The van der Waals surface area contributed by atoms with Crippen LogP contribution < -0.4 is 9.64 Å². The van der Waals surface area contributed by atoms with E-state index in [9.17, 15) is 9.90 Å². The highest BCUT2D eigenvalue weighted by molar-refractivity contribution is 6.00. The van der Waals surface area contributed by atoms with Crippen molar-refractivity contribution < 1.29 is 19.4 Å². The summed E-state index contributed by atoms with van der Waals surface area (Å²) >= 11 is 0. The maximum absolute atomic E-state index is 12.9. The zero-order valence-electron chi connectivity index (χ0n) is 17.5. The highest BCUT2D eigenvalue weighted by Crippen LogP contribution is 2.45. The van der Waals surface area contributed by atoms with E-state index in [0.717, 1.165) is 22.0 Å². The Kier molecular flexibility index (Phi) is 5.35. The summed E-state index contributed by atoms with van der Waals surface area (Å²) in [4.78, 5) is 19.0. The zero-order valence-corrected chi connectivity index (χ0v) is 17.5. The fraction of sp³-hybridized carbons (Fsp3) is 0.333. The second-order valence-corrected chi connectivity index (χ2v) is 8.45. The number of fused-ring (bicyclic) bond motifs is 3. The topological polar surface area (TPSA) is 71.9 Å². The second kappa shape index (κ2) is 7.95. The van der Waals surface area contributed by atoms with Crippen LogP contribution in [0.5, 0.6) is 5.75 Å². The molecule has 2 heterocycles. The number of nitrogens with zero attached hydrogens (tertiary/aromatic N) is 2. The minimum atomic E-state index is -0.612. The van der Waals surface area contributed by atoms with Crippen molar-refractivity contribution in [2.75, 3.05) is 18.1 Å². The number of amides is 1. The van der Waals surface area contributed by atoms with Crippen LogP contribution in [0.3, 0.4) is 0 Å². The molecule has 1 atom stereocenters. The number of pyridine rings is 1. The molecule has 1 amide bonds. The van der Waals surface area contributed by atoms with E-state index in [1.807, 2.05) is 69.3 Å². The number of carbonyl (C=O) groups excluding carboxylic acids is 1. The first-order valence-corrected chi connectivity index (χ1v) is 10.1. The molecule has 0 spiro atoms. The van der Waals surface area contributed by atoms with Gasteiger partial charge < -0.3 is 14.6 Å². The molecule has 4 rings (SSSR count). The van der Waals surface area contributed by atoms with Crippen LogP contribution in [0.25, 0.3) is 10.9 Å². The molecule has 6 heteroatoms. The maximum atomic E-state index is 12.9. The molecule has 30 heavy (non-hydrogen) atoms. The Morgan fingerprint density at radius 1 is 1.20 bits per heavy atom. The highest BCUT2D eigenvalue weighted by atomic mass is 16.6. The molecule has 3 aromatic rings. The van der Waals surface area contributed by atoms with Crippen molar-refractivity contribution in [2.24, 2.45) is 0 Å². The first-order chi connectivity index (χ1) is 14.4. The summed E-state index contributed by atoms with van der Waals surface area (Å²) in [6, 6.07) is 15.5. The summed E-state index contributed by atoms with van der Waals surface area (Å²) in [6.45, 7) is 6.19. The molecule has 6 nitrogen and oxygen atoms in total. The molecule has 0 bridgehead atoms. The third kappa shape index (κ3) is 3.96. The molecule has 1 unspecified atom stereocenters. The highest BCUT2D eigenvalue weighted by Gasteiger charge is 2.37. The van der Waals surface area contributed by atoms with E-state index >= 15 is 0 Å². The molecule has 1 aliphatic rings. The van der Waals surface area contributed by atoms with Gasteiger partial charge in [-0.1, -0.05) is 36.4 Å². The normalized spacial score (nSPS) is 15.9. The van der Waals surface area contributed by atoms with Gasteiger partial charge in [-0.3, -0.25) is 9.88 Å². The van der Waals surface area contributed by atoms with Crippen LogP contribution >= 0.6 is 0 Å². The van der Waals surface area contributed by atoms with Crippen molar-refractivity contribution in [3.05, 3.63) is 65.9 Å². The van der Waals surface area contributed by atoms with Gasteiger partial charge in [0.1, 0.15) is 23.5 Å². The Bertz CT molecular complexity index is 1060. The number of ether oxygens (including phenoxy) is 2. The summed E-state index contributed by atoms with van der Waals surface area (Å²) in [5.41, 5.74) is 2.75. The van der Waals surface area contributed by atoms with Gasteiger partial charge in [0.25, 0.3) is 0 Å². The molecule has 0 saturated carbocycles. The number of aliphatic hydroxyl groups is 1. The van der Waals surface area contributed by atoms with Gasteiger partial charge in [-0.25, -0.2) is 4.79 Å². The second-order valence-electron chi connectivity index (χ2n) is 8.45. The van der Waals surface area contributed by atoms with Gasteiger partial charge in [0.2, 0.25) is 0 Å². The first kappa shape index (κ1) is 20.2. The van der Waals surface area contributed by atoms with E-state index in [4.69, 9.17) is 9.47 Å². The predicted octanol–water partition coefficient (Wildman–Crippen LogP) is 4.64. The number of aromatic nitrogens is 1. The molecule has 0 saturated heterocycles. The summed E-state index contributed by atoms with van der Waals surface area (Å²) < 4.78 is 11.7. The van der Waals surface area contributed by atoms with E-state index in [1.54, 1.807) is 11.1 Å². The summed E-state index contributed by atoms with van der Waals surface area (Å²) in [7, 11) is 0. The van der Waals surface area contributed by atoms with Gasteiger partial charge in [-0.05, 0) is 38.0 Å². The zero-order chi connectivity index (χ0) is 21.3. The molecule has 1 N–H and O–H groups in total. The lowest BCUT2D eigenvalue weighted by Gasteiger charge is -2.25.